The lowest BCUT2D eigenvalue weighted by Gasteiger charge is -2.26. The highest BCUT2D eigenvalue weighted by Crippen LogP contribution is 2.77. The van der Waals surface area contributed by atoms with E-state index in [4.69, 9.17) is 0 Å². The molecule has 1 nitrogen and oxygen atoms in total. The molecule has 2 heterocycles. The minimum atomic E-state index is -2.25. The second-order valence-corrected chi connectivity index (χ2v) is 20.0. The standard InChI is InChI=1S/C16H29OP6/c1-18-13-7-9-15(20(3)4)22(13)11-12-23(17)14(19-2)8-10-16(23)21(5)6/h8,10,13,15,19H,1,3,7,9,11-12H2,2,4-6H3/q+1. The predicted molar refractivity (Wildman–Crippen MR) is 124 cm³/mol. The first kappa shape index (κ1) is 20.6. The molecule has 0 aromatic heterocycles. The maximum Gasteiger partial charge on any atom is 0.144 e. The monoisotopic (exact) mass is 423 g/mol. The summed E-state index contributed by atoms with van der Waals surface area (Å²) in [7, 11) is -0.669. The van der Waals surface area contributed by atoms with Gasteiger partial charge >= 0.3 is 0 Å². The Balaban J connectivity index is 2.18. The molecule has 7 heteroatoms. The molecule has 0 aromatic carbocycles. The molecule has 23 heavy (non-hydrogen) atoms. The third kappa shape index (κ3) is 4.37. The SMILES string of the molecule is C=PC1CCC([P+](=C)C)P1CCP1(=O)C(PC)=CC=C1P(C)C. The Morgan fingerprint density at radius 1 is 1.48 bits per heavy atom. The van der Waals surface area contributed by atoms with Crippen LogP contribution in [-0.4, -0.2) is 62.4 Å². The van der Waals surface area contributed by atoms with E-state index in [0.717, 1.165) is 17.0 Å². The molecule has 128 valence electrons. The van der Waals surface area contributed by atoms with E-state index in [1.807, 2.05) is 0 Å². The van der Waals surface area contributed by atoms with Crippen LogP contribution in [0.5, 0.6) is 0 Å². The fraction of sp³-hybridized carbons (Fsp3) is 0.625. The Morgan fingerprint density at radius 3 is 2.70 bits per heavy atom. The van der Waals surface area contributed by atoms with E-state index >= 15 is 0 Å². The van der Waals surface area contributed by atoms with Gasteiger partial charge in [0.25, 0.3) is 0 Å². The lowest BCUT2D eigenvalue weighted by atomic mass is 10.4. The van der Waals surface area contributed by atoms with Crippen molar-refractivity contribution in [1.29, 1.82) is 0 Å². The van der Waals surface area contributed by atoms with Crippen molar-refractivity contribution in [1.82, 2.24) is 0 Å². The van der Waals surface area contributed by atoms with Crippen LogP contribution in [0.15, 0.2) is 22.3 Å². The molecule has 0 radical (unpaired) electrons. The summed E-state index contributed by atoms with van der Waals surface area (Å²) in [6, 6.07) is 0. The van der Waals surface area contributed by atoms with E-state index in [2.05, 4.69) is 51.4 Å². The van der Waals surface area contributed by atoms with E-state index < -0.39 is 7.14 Å². The van der Waals surface area contributed by atoms with Gasteiger partial charge in [-0.05, 0) is 53.0 Å². The Labute approximate surface area is 149 Å². The largest absolute Gasteiger partial charge is 0.314 e. The van der Waals surface area contributed by atoms with Crippen LogP contribution in [0.1, 0.15) is 12.8 Å². The van der Waals surface area contributed by atoms with Crippen molar-refractivity contribution in [3.63, 3.8) is 0 Å². The Kier molecular flexibility index (Phi) is 7.92. The minimum Gasteiger partial charge on any atom is -0.314 e. The maximum absolute atomic E-state index is 13.8. The van der Waals surface area contributed by atoms with Gasteiger partial charge in [-0.1, -0.05) is 28.9 Å². The average molecular weight is 423 g/mol. The highest BCUT2D eigenvalue weighted by molar-refractivity contribution is 7.92. The summed E-state index contributed by atoms with van der Waals surface area (Å²) in [5.41, 5.74) is 0. The fourth-order valence-corrected chi connectivity index (χ4v) is 20.9. The number of rotatable bonds is 7. The molecular formula is C16H29OP6+. The number of hydrogen-bond donors (Lipinski definition) is 0. The molecule has 2 aliphatic rings. The van der Waals surface area contributed by atoms with Crippen molar-refractivity contribution >= 4 is 59.9 Å². The molecule has 0 amide bonds. The van der Waals surface area contributed by atoms with Crippen molar-refractivity contribution in [3.05, 3.63) is 22.3 Å². The first-order valence-electron chi connectivity index (χ1n) is 7.97. The lowest BCUT2D eigenvalue weighted by Crippen LogP contribution is -2.04. The molecule has 2 aliphatic heterocycles. The molecule has 1 fully saturated rings. The fourth-order valence-electron chi connectivity index (χ4n) is 3.54. The van der Waals surface area contributed by atoms with E-state index in [9.17, 15) is 4.57 Å². The molecule has 0 aromatic rings. The summed E-state index contributed by atoms with van der Waals surface area (Å²) in [6.07, 6.45) is 17.7. The molecule has 0 bridgehead atoms. The second kappa shape index (κ2) is 8.82. The number of hydrogen-bond acceptors (Lipinski definition) is 1. The highest BCUT2D eigenvalue weighted by atomic mass is 31.2. The van der Waals surface area contributed by atoms with Gasteiger partial charge in [-0.3, -0.25) is 0 Å². The van der Waals surface area contributed by atoms with Crippen LogP contribution in [0.4, 0.5) is 0 Å². The molecule has 2 rings (SSSR count). The average Bonchev–Trinajstić information content (AvgIpc) is 3.05. The summed E-state index contributed by atoms with van der Waals surface area (Å²) in [5.74, 6) is 0. The Hall–Kier alpha value is 1.34. The third-order valence-corrected chi connectivity index (χ3v) is 21.6. The van der Waals surface area contributed by atoms with E-state index in [-0.39, 0.29) is 23.4 Å². The predicted octanol–water partition coefficient (Wildman–Crippen LogP) is 6.95. The summed E-state index contributed by atoms with van der Waals surface area (Å²) in [4.78, 5) is 0. The van der Waals surface area contributed by atoms with Gasteiger partial charge in [-0.15, -0.1) is 8.20 Å². The second-order valence-electron chi connectivity index (χ2n) is 6.40. The molecule has 0 spiro atoms. The van der Waals surface area contributed by atoms with Crippen molar-refractivity contribution < 1.29 is 4.57 Å². The number of allylic oxidation sites excluding steroid dienone is 2. The Bertz CT molecular complexity index is 591. The molecule has 1 saturated heterocycles. The smallest absolute Gasteiger partial charge is 0.144 e. The topological polar surface area (TPSA) is 17.1 Å². The Morgan fingerprint density at radius 2 is 2.17 bits per heavy atom. The quantitative estimate of drug-likeness (QED) is 0.405. The van der Waals surface area contributed by atoms with Gasteiger partial charge in [-0.2, -0.15) is 0 Å². The van der Waals surface area contributed by atoms with Gasteiger partial charge in [0.05, 0.1) is 20.5 Å². The van der Waals surface area contributed by atoms with Crippen molar-refractivity contribution in [2.24, 2.45) is 0 Å². The highest BCUT2D eigenvalue weighted by Gasteiger charge is 2.43. The third-order valence-electron chi connectivity index (χ3n) is 4.71. The van der Waals surface area contributed by atoms with Crippen LogP contribution in [0.3, 0.4) is 0 Å². The summed E-state index contributed by atoms with van der Waals surface area (Å²) < 4.78 is 13.8. The minimum absolute atomic E-state index is 0.0468. The molecule has 6 unspecified atom stereocenters. The zero-order valence-electron chi connectivity index (χ0n) is 14.7. The molecule has 6 atom stereocenters. The van der Waals surface area contributed by atoms with E-state index in [1.165, 1.54) is 37.3 Å². The first-order chi connectivity index (χ1) is 10.8. The zero-order valence-corrected chi connectivity index (χ0v) is 20.2. The lowest BCUT2D eigenvalue weighted by molar-refractivity contribution is 0.586. The van der Waals surface area contributed by atoms with Crippen molar-refractivity contribution in [2.45, 2.75) is 23.6 Å². The van der Waals surface area contributed by atoms with Gasteiger partial charge in [0.15, 0.2) is 0 Å². The van der Waals surface area contributed by atoms with Crippen molar-refractivity contribution in [3.8, 4) is 0 Å². The van der Waals surface area contributed by atoms with Crippen LogP contribution >= 0.6 is 47.3 Å². The summed E-state index contributed by atoms with van der Waals surface area (Å²) >= 11 is 0. The normalized spacial score (nSPS) is 35.3. The van der Waals surface area contributed by atoms with Crippen LogP contribution in [0, 0.1) is 0 Å². The van der Waals surface area contributed by atoms with E-state index in [0.29, 0.717) is 8.58 Å². The van der Waals surface area contributed by atoms with Crippen LogP contribution in [0.2, 0.25) is 0 Å². The molecule has 0 saturated carbocycles. The van der Waals surface area contributed by atoms with Crippen LogP contribution in [0.25, 0.3) is 0 Å². The first-order valence-corrected chi connectivity index (χ1v) is 18.5. The van der Waals surface area contributed by atoms with Gasteiger partial charge in [-0.25, -0.2) is 0 Å². The van der Waals surface area contributed by atoms with E-state index in [1.54, 1.807) is 0 Å². The summed E-state index contributed by atoms with van der Waals surface area (Å²) in [6.45, 7) is 9.03. The van der Waals surface area contributed by atoms with Gasteiger partial charge in [0.1, 0.15) is 12.5 Å². The van der Waals surface area contributed by atoms with Crippen molar-refractivity contribution in [2.75, 3.05) is 39.0 Å². The van der Waals surface area contributed by atoms with Gasteiger partial charge in [0.2, 0.25) is 0 Å². The molecular weight excluding hydrogens is 394 g/mol. The van der Waals surface area contributed by atoms with Crippen LogP contribution in [-0.2, 0) is 4.57 Å². The zero-order chi connectivity index (χ0) is 17.2. The molecule has 0 aliphatic carbocycles. The van der Waals surface area contributed by atoms with Crippen LogP contribution < -0.4 is 0 Å². The maximum atomic E-state index is 13.8. The summed E-state index contributed by atoms with van der Waals surface area (Å²) in [5, 5.41) is 4.14. The molecule has 0 N–H and O–H groups in total. The van der Waals surface area contributed by atoms with Gasteiger partial charge < -0.3 is 4.57 Å². The van der Waals surface area contributed by atoms with Gasteiger partial charge in [0, 0.05) is 21.7 Å².